The molecular formula is C10H9N3O2S. The van der Waals surface area contributed by atoms with Gasteiger partial charge in [0, 0.05) is 17.2 Å². The SMILES string of the molecule is Cc1ccc(Nc2ncns2)cc1C(=O)O. The summed E-state index contributed by atoms with van der Waals surface area (Å²) in [6, 6.07) is 5.15. The van der Waals surface area contributed by atoms with E-state index in [4.69, 9.17) is 5.11 Å². The van der Waals surface area contributed by atoms with Crippen LogP contribution in [0.15, 0.2) is 24.5 Å². The normalized spacial score (nSPS) is 10.1. The van der Waals surface area contributed by atoms with E-state index in [1.54, 1.807) is 19.1 Å². The number of anilines is 2. The minimum atomic E-state index is -0.932. The molecule has 5 nitrogen and oxygen atoms in total. The van der Waals surface area contributed by atoms with Crippen molar-refractivity contribution in [1.29, 1.82) is 0 Å². The Bertz CT molecular complexity index is 511. The number of hydrogen-bond acceptors (Lipinski definition) is 5. The number of carboxylic acids is 1. The lowest BCUT2D eigenvalue weighted by atomic mass is 10.1. The predicted octanol–water partition coefficient (Wildman–Crippen LogP) is 2.29. The standard InChI is InChI=1S/C10H9N3O2S/c1-6-2-3-7(4-8(6)9(14)15)13-10-11-5-12-16-10/h2-5H,1H3,(H,14,15)(H,11,12,13). The molecule has 0 unspecified atom stereocenters. The number of aromatic carboxylic acids is 1. The number of aryl methyl sites for hydroxylation is 1. The van der Waals surface area contributed by atoms with Crippen molar-refractivity contribution < 1.29 is 9.90 Å². The van der Waals surface area contributed by atoms with Crippen LogP contribution in [0.4, 0.5) is 10.8 Å². The Labute approximate surface area is 95.9 Å². The molecule has 2 N–H and O–H groups in total. The van der Waals surface area contributed by atoms with Crippen LogP contribution >= 0.6 is 11.5 Å². The number of benzene rings is 1. The van der Waals surface area contributed by atoms with E-state index in [1.807, 2.05) is 6.07 Å². The van der Waals surface area contributed by atoms with Crippen LogP contribution < -0.4 is 5.32 Å². The van der Waals surface area contributed by atoms with Crippen LogP contribution in [0, 0.1) is 6.92 Å². The topological polar surface area (TPSA) is 75.1 Å². The van der Waals surface area contributed by atoms with Crippen molar-refractivity contribution in [3.05, 3.63) is 35.7 Å². The summed E-state index contributed by atoms with van der Waals surface area (Å²) >= 11 is 1.22. The first-order chi connectivity index (χ1) is 7.66. The molecule has 0 aliphatic rings. The van der Waals surface area contributed by atoms with Crippen LogP contribution in [-0.4, -0.2) is 20.4 Å². The molecular weight excluding hydrogens is 226 g/mol. The summed E-state index contributed by atoms with van der Waals surface area (Å²) in [5, 5.41) is 12.6. The number of nitrogens with one attached hydrogen (secondary N) is 1. The van der Waals surface area contributed by atoms with Crippen LogP contribution in [0.25, 0.3) is 0 Å². The fourth-order valence-corrected chi connectivity index (χ4v) is 1.73. The second-order valence-electron chi connectivity index (χ2n) is 3.21. The molecule has 6 heteroatoms. The first-order valence-electron chi connectivity index (χ1n) is 4.54. The highest BCUT2D eigenvalue weighted by Gasteiger charge is 2.08. The molecule has 82 valence electrons. The average molecular weight is 235 g/mol. The van der Waals surface area contributed by atoms with E-state index in [1.165, 1.54) is 17.9 Å². The van der Waals surface area contributed by atoms with Gasteiger partial charge in [0.05, 0.1) is 5.56 Å². The molecule has 1 aromatic heterocycles. The lowest BCUT2D eigenvalue weighted by molar-refractivity contribution is 0.0696. The Morgan fingerprint density at radius 2 is 2.31 bits per heavy atom. The van der Waals surface area contributed by atoms with Crippen molar-refractivity contribution >= 4 is 28.3 Å². The Morgan fingerprint density at radius 1 is 1.50 bits per heavy atom. The first kappa shape index (κ1) is 10.6. The molecule has 0 aliphatic heterocycles. The van der Waals surface area contributed by atoms with E-state index in [0.717, 1.165) is 5.56 Å². The molecule has 2 aromatic rings. The fourth-order valence-electron chi connectivity index (χ4n) is 1.28. The van der Waals surface area contributed by atoms with Gasteiger partial charge in [-0.1, -0.05) is 6.07 Å². The van der Waals surface area contributed by atoms with Crippen LogP contribution in [-0.2, 0) is 0 Å². The predicted molar refractivity (Wildman–Crippen MR) is 61.3 cm³/mol. The minimum Gasteiger partial charge on any atom is -0.478 e. The first-order valence-corrected chi connectivity index (χ1v) is 5.32. The van der Waals surface area contributed by atoms with Crippen molar-refractivity contribution in [3.8, 4) is 0 Å². The van der Waals surface area contributed by atoms with Crippen LogP contribution in [0.3, 0.4) is 0 Å². The Kier molecular flexibility index (Phi) is 2.82. The number of carbonyl (C=O) groups is 1. The summed E-state index contributed by atoms with van der Waals surface area (Å²) in [5.41, 5.74) is 1.71. The van der Waals surface area contributed by atoms with Gasteiger partial charge in [-0.25, -0.2) is 9.78 Å². The summed E-state index contributed by atoms with van der Waals surface area (Å²) < 4.78 is 3.85. The Morgan fingerprint density at radius 3 is 2.94 bits per heavy atom. The van der Waals surface area contributed by atoms with E-state index >= 15 is 0 Å². The molecule has 0 aliphatic carbocycles. The monoisotopic (exact) mass is 235 g/mol. The van der Waals surface area contributed by atoms with Crippen molar-refractivity contribution in [2.24, 2.45) is 0 Å². The van der Waals surface area contributed by atoms with Gasteiger partial charge in [-0.3, -0.25) is 0 Å². The number of nitrogens with zero attached hydrogens (tertiary/aromatic N) is 2. The summed E-state index contributed by atoms with van der Waals surface area (Å²) in [6.07, 6.45) is 1.44. The van der Waals surface area contributed by atoms with Crippen molar-refractivity contribution in [2.75, 3.05) is 5.32 Å². The molecule has 0 atom stereocenters. The van der Waals surface area contributed by atoms with E-state index in [-0.39, 0.29) is 5.56 Å². The minimum absolute atomic E-state index is 0.287. The number of aromatic nitrogens is 2. The molecule has 0 saturated carbocycles. The lowest BCUT2D eigenvalue weighted by Crippen LogP contribution is -2.01. The average Bonchev–Trinajstić information content (AvgIpc) is 2.73. The summed E-state index contributed by atoms with van der Waals surface area (Å²) in [7, 11) is 0. The van der Waals surface area contributed by atoms with Crippen molar-refractivity contribution in [3.63, 3.8) is 0 Å². The van der Waals surface area contributed by atoms with Crippen molar-refractivity contribution in [2.45, 2.75) is 6.92 Å². The number of hydrogen-bond donors (Lipinski definition) is 2. The number of carboxylic acid groups (broad SMARTS) is 1. The molecule has 16 heavy (non-hydrogen) atoms. The van der Waals surface area contributed by atoms with Gasteiger partial charge in [-0.2, -0.15) is 4.37 Å². The van der Waals surface area contributed by atoms with Crippen LogP contribution in [0.5, 0.6) is 0 Å². The fraction of sp³-hybridized carbons (Fsp3) is 0.100. The van der Waals surface area contributed by atoms with Gasteiger partial charge in [0.1, 0.15) is 6.33 Å². The van der Waals surface area contributed by atoms with Crippen LogP contribution in [0.2, 0.25) is 0 Å². The quantitative estimate of drug-likeness (QED) is 0.853. The third-order valence-corrected chi connectivity index (χ3v) is 2.66. The van der Waals surface area contributed by atoms with E-state index in [0.29, 0.717) is 10.8 Å². The highest BCUT2D eigenvalue weighted by atomic mass is 32.1. The molecule has 0 saturated heterocycles. The molecule has 1 heterocycles. The lowest BCUT2D eigenvalue weighted by Gasteiger charge is -2.05. The summed E-state index contributed by atoms with van der Waals surface area (Å²) in [5.74, 6) is -0.932. The van der Waals surface area contributed by atoms with Gasteiger partial charge in [-0.15, -0.1) is 0 Å². The zero-order chi connectivity index (χ0) is 11.5. The smallest absolute Gasteiger partial charge is 0.336 e. The molecule has 0 bridgehead atoms. The zero-order valence-electron chi connectivity index (χ0n) is 8.47. The van der Waals surface area contributed by atoms with E-state index in [2.05, 4.69) is 14.7 Å². The summed E-state index contributed by atoms with van der Waals surface area (Å²) in [4.78, 5) is 14.9. The second-order valence-corrected chi connectivity index (χ2v) is 3.99. The van der Waals surface area contributed by atoms with Crippen molar-refractivity contribution in [1.82, 2.24) is 9.36 Å². The molecule has 2 rings (SSSR count). The zero-order valence-corrected chi connectivity index (χ0v) is 9.28. The molecule has 0 amide bonds. The second kappa shape index (κ2) is 4.28. The maximum atomic E-state index is 10.9. The van der Waals surface area contributed by atoms with Gasteiger partial charge in [0.25, 0.3) is 0 Å². The maximum absolute atomic E-state index is 10.9. The maximum Gasteiger partial charge on any atom is 0.336 e. The number of rotatable bonds is 3. The summed E-state index contributed by atoms with van der Waals surface area (Å²) in [6.45, 7) is 1.76. The van der Waals surface area contributed by atoms with Crippen LogP contribution in [0.1, 0.15) is 15.9 Å². The molecule has 0 radical (unpaired) electrons. The highest BCUT2D eigenvalue weighted by Crippen LogP contribution is 2.20. The molecule has 0 fully saturated rings. The van der Waals surface area contributed by atoms with E-state index in [9.17, 15) is 4.79 Å². The van der Waals surface area contributed by atoms with E-state index < -0.39 is 5.97 Å². The molecule has 0 spiro atoms. The Hall–Kier alpha value is -1.95. The van der Waals surface area contributed by atoms with Gasteiger partial charge >= 0.3 is 5.97 Å². The van der Waals surface area contributed by atoms with Gasteiger partial charge in [0.15, 0.2) is 0 Å². The van der Waals surface area contributed by atoms with Gasteiger partial charge in [-0.05, 0) is 24.6 Å². The van der Waals surface area contributed by atoms with Gasteiger partial charge < -0.3 is 10.4 Å². The molecule has 1 aromatic carbocycles. The largest absolute Gasteiger partial charge is 0.478 e. The third kappa shape index (κ3) is 2.17. The Balaban J connectivity index is 2.29. The third-order valence-electron chi connectivity index (χ3n) is 2.08. The van der Waals surface area contributed by atoms with Gasteiger partial charge in [0.2, 0.25) is 5.13 Å². The highest BCUT2D eigenvalue weighted by molar-refractivity contribution is 7.09.